The molecule has 1 aliphatic heterocycles. The standard InChI is InChI=1S/C16H25NO3/c1-12-8-13(2)14(3)16(9-12)20-11-15(18)10-17-4-6-19-7-5-17/h8-9,15,18H,4-7,10-11H2,1-3H3/t15-/m1/s1. The van der Waals surface area contributed by atoms with Gasteiger partial charge in [0, 0.05) is 19.6 Å². The molecule has 1 heterocycles. The normalized spacial score (nSPS) is 18.0. The van der Waals surface area contributed by atoms with E-state index in [0.29, 0.717) is 13.2 Å². The molecule has 1 saturated heterocycles. The van der Waals surface area contributed by atoms with Crippen molar-refractivity contribution in [3.8, 4) is 5.75 Å². The second kappa shape index (κ2) is 7.07. The molecule has 20 heavy (non-hydrogen) atoms. The van der Waals surface area contributed by atoms with Gasteiger partial charge in [-0.25, -0.2) is 0 Å². The lowest BCUT2D eigenvalue weighted by molar-refractivity contribution is 0.00459. The quantitative estimate of drug-likeness (QED) is 0.890. The molecule has 4 heteroatoms. The van der Waals surface area contributed by atoms with Gasteiger partial charge in [-0.2, -0.15) is 0 Å². The van der Waals surface area contributed by atoms with Gasteiger partial charge in [0.1, 0.15) is 18.5 Å². The number of aliphatic hydroxyl groups is 1. The number of hydrogen-bond donors (Lipinski definition) is 1. The summed E-state index contributed by atoms with van der Waals surface area (Å²) >= 11 is 0. The summed E-state index contributed by atoms with van der Waals surface area (Å²) in [4.78, 5) is 2.21. The lowest BCUT2D eigenvalue weighted by Crippen LogP contribution is -2.42. The van der Waals surface area contributed by atoms with Crippen LogP contribution in [-0.2, 0) is 4.74 Å². The highest BCUT2D eigenvalue weighted by Crippen LogP contribution is 2.23. The average molecular weight is 279 g/mol. The molecule has 0 aromatic heterocycles. The smallest absolute Gasteiger partial charge is 0.122 e. The average Bonchev–Trinajstić information content (AvgIpc) is 2.42. The number of morpholine rings is 1. The molecule has 112 valence electrons. The number of ether oxygens (including phenoxy) is 2. The molecular formula is C16H25NO3. The number of aliphatic hydroxyl groups excluding tert-OH is 1. The Morgan fingerprint density at radius 2 is 1.95 bits per heavy atom. The minimum absolute atomic E-state index is 0.334. The van der Waals surface area contributed by atoms with Crippen molar-refractivity contribution in [2.75, 3.05) is 39.5 Å². The van der Waals surface area contributed by atoms with E-state index >= 15 is 0 Å². The molecule has 1 N–H and O–H groups in total. The van der Waals surface area contributed by atoms with E-state index in [1.165, 1.54) is 11.1 Å². The highest BCUT2D eigenvalue weighted by Gasteiger charge is 2.15. The molecule has 0 aliphatic carbocycles. The Kier molecular flexibility index (Phi) is 5.40. The van der Waals surface area contributed by atoms with Crippen LogP contribution in [0.1, 0.15) is 16.7 Å². The van der Waals surface area contributed by atoms with E-state index in [-0.39, 0.29) is 0 Å². The van der Waals surface area contributed by atoms with Crippen LogP contribution in [0.3, 0.4) is 0 Å². The van der Waals surface area contributed by atoms with Gasteiger partial charge in [-0.1, -0.05) is 6.07 Å². The van der Waals surface area contributed by atoms with Crippen molar-refractivity contribution in [1.82, 2.24) is 4.90 Å². The van der Waals surface area contributed by atoms with E-state index in [9.17, 15) is 5.11 Å². The maximum atomic E-state index is 10.1. The van der Waals surface area contributed by atoms with Crippen LogP contribution >= 0.6 is 0 Å². The molecule has 0 radical (unpaired) electrons. The molecule has 2 rings (SSSR count). The van der Waals surface area contributed by atoms with Crippen molar-refractivity contribution in [1.29, 1.82) is 0 Å². The van der Waals surface area contributed by atoms with Gasteiger partial charge in [-0.3, -0.25) is 4.90 Å². The van der Waals surface area contributed by atoms with E-state index in [2.05, 4.69) is 31.7 Å². The first kappa shape index (κ1) is 15.3. The monoisotopic (exact) mass is 279 g/mol. The van der Waals surface area contributed by atoms with Crippen LogP contribution in [-0.4, -0.2) is 55.6 Å². The van der Waals surface area contributed by atoms with Crippen molar-refractivity contribution in [3.05, 3.63) is 28.8 Å². The molecule has 0 saturated carbocycles. The first-order valence-corrected chi connectivity index (χ1v) is 7.25. The zero-order chi connectivity index (χ0) is 14.5. The van der Waals surface area contributed by atoms with Crippen molar-refractivity contribution >= 4 is 0 Å². The lowest BCUT2D eigenvalue weighted by Gasteiger charge is -2.28. The third kappa shape index (κ3) is 4.20. The van der Waals surface area contributed by atoms with E-state index in [1.807, 2.05) is 6.07 Å². The molecule has 1 fully saturated rings. The minimum Gasteiger partial charge on any atom is -0.491 e. The van der Waals surface area contributed by atoms with E-state index in [0.717, 1.165) is 37.6 Å². The summed E-state index contributed by atoms with van der Waals surface area (Å²) in [6, 6.07) is 4.18. The summed E-state index contributed by atoms with van der Waals surface area (Å²) in [7, 11) is 0. The van der Waals surface area contributed by atoms with E-state index < -0.39 is 6.10 Å². The van der Waals surface area contributed by atoms with Crippen molar-refractivity contribution in [3.63, 3.8) is 0 Å². The fourth-order valence-electron chi connectivity index (χ4n) is 2.47. The summed E-state index contributed by atoms with van der Waals surface area (Å²) in [5.41, 5.74) is 3.56. The van der Waals surface area contributed by atoms with Gasteiger partial charge >= 0.3 is 0 Å². The molecule has 0 unspecified atom stereocenters. The third-order valence-corrected chi connectivity index (χ3v) is 3.77. The Bertz CT molecular complexity index is 442. The van der Waals surface area contributed by atoms with Gasteiger partial charge in [0.25, 0.3) is 0 Å². The Balaban J connectivity index is 1.85. The first-order valence-electron chi connectivity index (χ1n) is 7.25. The number of rotatable bonds is 5. The van der Waals surface area contributed by atoms with Crippen LogP contribution in [0, 0.1) is 20.8 Å². The topological polar surface area (TPSA) is 41.9 Å². The van der Waals surface area contributed by atoms with Crippen LogP contribution < -0.4 is 4.74 Å². The molecular weight excluding hydrogens is 254 g/mol. The molecule has 1 aromatic rings. The third-order valence-electron chi connectivity index (χ3n) is 3.77. The van der Waals surface area contributed by atoms with Crippen LogP contribution in [0.25, 0.3) is 0 Å². The van der Waals surface area contributed by atoms with Crippen LogP contribution in [0.5, 0.6) is 5.75 Å². The predicted molar refractivity (Wildman–Crippen MR) is 79.4 cm³/mol. The van der Waals surface area contributed by atoms with Gasteiger partial charge in [0.05, 0.1) is 13.2 Å². The van der Waals surface area contributed by atoms with Gasteiger partial charge in [-0.05, 0) is 43.5 Å². The number of aryl methyl sites for hydroxylation is 2. The Hall–Kier alpha value is -1.10. The van der Waals surface area contributed by atoms with E-state index in [4.69, 9.17) is 9.47 Å². The fourth-order valence-corrected chi connectivity index (χ4v) is 2.47. The van der Waals surface area contributed by atoms with Crippen molar-refractivity contribution < 1.29 is 14.6 Å². The molecule has 0 spiro atoms. The Morgan fingerprint density at radius 1 is 1.25 bits per heavy atom. The van der Waals surface area contributed by atoms with E-state index in [1.54, 1.807) is 0 Å². The van der Waals surface area contributed by atoms with Gasteiger partial charge in [-0.15, -0.1) is 0 Å². The summed E-state index contributed by atoms with van der Waals surface area (Å²) in [6.45, 7) is 10.5. The molecule has 1 atom stereocenters. The highest BCUT2D eigenvalue weighted by molar-refractivity contribution is 5.41. The fraction of sp³-hybridized carbons (Fsp3) is 0.625. The van der Waals surface area contributed by atoms with Crippen molar-refractivity contribution in [2.45, 2.75) is 26.9 Å². The summed E-state index contributed by atoms with van der Waals surface area (Å²) in [5.74, 6) is 0.878. The number of benzene rings is 1. The van der Waals surface area contributed by atoms with Gasteiger partial charge < -0.3 is 14.6 Å². The second-order valence-electron chi connectivity index (χ2n) is 5.58. The second-order valence-corrected chi connectivity index (χ2v) is 5.58. The predicted octanol–water partition coefficient (Wildman–Crippen LogP) is 1.68. The van der Waals surface area contributed by atoms with Crippen LogP contribution in [0.4, 0.5) is 0 Å². The summed E-state index contributed by atoms with van der Waals surface area (Å²) in [6.07, 6.45) is -0.465. The largest absolute Gasteiger partial charge is 0.491 e. The lowest BCUT2D eigenvalue weighted by atomic mass is 10.1. The first-order chi connectivity index (χ1) is 9.56. The zero-order valence-electron chi connectivity index (χ0n) is 12.7. The zero-order valence-corrected chi connectivity index (χ0v) is 12.7. The van der Waals surface area contributed by atoms with Crippen molar-refractivity contribution in [2.24, 2.45) is 0 Å². The minimum atomic E-state index is -0.465. The Morgan fingerprint density at radius 3 is 2.65 bits per heavy atom. The van der Waals surface area contributed by atoms with Gasteiger partial charge in [0.15, 0.2) is 0 Å². The molecule has 4 nitrogen and oxygen atoms in total. The molecule has 0 bridgehead atoms. The molecule has 0 amide bonds. The molecule has 1 aliphatic rings. The number of β-amino-alcohol motifs (C(OH)–C–C–N with tert-alkyl or cyclic N) is 1. The Labute approximate surface area is 121 Å². The summed E-state index contributed by atoms with van der Waals surface area (Å²) in [5, 5.41) is 10.1. The molecule has 1 aromatic carbocycles. The van der Waals surface area contributed by atoms with Gasteiger partial charge in [0.2, 0.25) is 0 Å². The van der Waals surface area contributed by atoms with Crippen LogP contribution in [0.2, 0.25) is 0 Å². The maximum Gasteiger partial charge on any atom is 0.122 e. The highest BCUT2D eigenvalue weighted by atomic mass is 16.5. The maximum absolute atomic E-state index is 10.1. The number of hydrogen-bond acceptors (Lipinski definition) is 4. The van der Waals surface area contributed by atoms with Crippen LogP contribution in [0.15, 0.2) is 12.1 Å². The SMILES string of the molecule is Cc1cc(C)c(C)c(OC[C@H](O)CN2CCOCC2)c1. The number of nitrogens with zero attached hydrogens (tertiary/aromatic N) is 1. The summed E-state index contributed by atoms with van der Waals surface area (Å²) < 4.78 is 11.1.